The van der Waals surface area contributed by atoms with Crippen LogP contribution in [0.2, 0.25) is 0 Å². The van der Waals surface area contributed by atoms with Crippen LogP contribution in [0.3, 0.4) is 0 Å². The SMILES string of the molecule is Cc1cc(OCC(=O)Nc2nc(-c3ccc4c(c3)CCCC4)cs2)ccc1C(C)C. The van der Waals surface area contributed by atoms with Gasteiger partial charge in [-0.25, -0.2) is 4.98 Å². The van der Waals surface area contributed by atoms with Gasteiger partial charge in [-0.1, -0.05) is 32.0 Å². The van der Waals surface area contributed by atoms with Crippen LogP contribution in [0, 0.1) is 6.92 Å². The fourth-order valence-electron chi connectivity index (χ4n) is 4.05. The molecule has 4 rings (SSSR count). The van der Waals surface area contributed by atoms with Gasteiger partial charge in [0.1, 0.15) is 5.75 Å². The zero-order chi connectivity index (χ0) is 21.1. The normalized spacial score (nSPS) is 13.2. The number of aryl methyl sites for hydroxylation is 3. The predicted octanol–water partition coefficient (Wildman–Crippen LogP) is 6.14. The summed E-state index contributed by atoms with van der Waals surface area (Å²) in [6, 6.07) is 12.6. The van der Waals surface area contributed by atoms with E-state index in [4.69, 9.17) is 4.74 Å². The minimum absolute atomic E-state index is 0.0335. The lowest BCUT2D eigenvalue weighted by molar-refractivity contribution is -0.118. The molecule has 4 nitrogen and oxygen atoms in total. The van der Waals surface area contributed by atoms with E-state index < -0.39 is 0 Å². The van der Waals surface area contributed by atoms with E-state index in [2.05, 4.69) is 55.3 Å². The molecule has 0 atom stereocenters. The van der Waals surface area contributed by atoms with Crippen LogP contribution in [0.1, 0.15) is 54.9 Å². The van der Waals surface area contributed by atoms with Crippen LogP contribution in [0.4, 0.5) is 5.13 Å². The molecule has 0 spiro atoms. The van der Waals surface area contributed by atoms with Gasteiger partial charge in [-0.05, 0) is 79.0 Å². The summed E-state index contributed by atoms with van der Waals surface area (Å²) >= 11 is 1.44. The van der Waals surface area contributed by atoms with Crippen molar-refractivity contribution in [2.75, 3.05) is 11.9 Å². The van der Waals surface area contributed by atoms with E-state index in [1.54, 1.807) is 0 Å². The van der Waals surface area contributed by atoms with E-state index in [9.17, 15) is 4.79 Å². The first-order valence-electron chi connectivity index (χ1n) is 10.6. The molecular formula is C25H28N2O2S. The van der Waals surface area contributed by atoms with Gasteiger partial charge in [0.05, 0.1) is 5.69 Å². The summed E-state index contributed by atoms with van der Waals surface area (Å²) < 4.78 is 5.67. The quantitative estimate of drug-likeness (QED) is 0.521. The molecule has 156 valence electrons. The number of fused-ring (bicyclic) bond motifs is 1. The minimum Gasteiger partial charge on any atom is -0.484 e. The smallest absolute Gasteiger partial charge is 0.264 e. The van der Waals surface area contributed by atoms with E-state index in [-0.39, 0.29) is 12.5 Å². The molecule has 5 heteroatoms. The van der Waals surface area contributed by atoms with Gasteiger partial charge in [0.15, 0.2) is 11.7 Å². The molecule has 0 radical (unpaired) electrons. The summed E-state index contributed by atoms with van der Waals surface area (Å²) in [6.45, 7) is 6.37. The van der Waals surface area contributed by atoms with Gasteiger partial charge in [0.2, 0.25) is 0 Å². The zero-order valence-electron chi connectivity index (χ0n) is 17.8. The largest absolute Gasteiger partial charge is 0.484 e. The van der Waals surface area contributed by atoms with Crippen LogP contribution >= 0.6 is 11.3 Å². The average molecular weight is 421 g/mol. The molecule has 2 aromatic carbocycles. The van der Waals surface area contributed by atoms with E-state index in [1.807, 2.05) is 17.5 Å². The van der Waals surface area contributed by atoms with Crippen molar-refractivity contribution in [3.63, 3.8) is 0 Å². The van der Waals surface area contributed by atoms with E-state index in [0.29, 0.717) is 16.8 Å². The van der Waals surface area contributed by atoms with Crippen molar-refractivity contribution in [2.24, 2.45) is 0 Å². The Labute approximate surface area is 182 Å². The molecule has 3 aromatic rings. The number of anilines is 1. The molecule has 0 unspecified atom stereocenters. The standard InChI is InChI=1S/C25H28N2O2S/c1-16(2)22-11-10-21(12-17(22)3)29-14-24(28)27-25-26-23(15-30-25)20-9-8-18-6-4-5-7-19(18)13-20/h8-13,15-16H,4-7,14H2,1-3H3,(H,26,27,28). The van der Waals surface area contributed by atoms with Crippen LogP contribution in [0.5, 0.6) is 5.75 Å². The molecule has 30 heavy (non-hydrogen) atoms. The number of benzene rings is 2. The molecule has 0 aliphatic heterocycles. The maximum atomic E-state index is 12.3. The van der Waals surface area contributed by atoms with E-state index in [0.717, 1.165) is 17.7 Å². The van der Waals surface area contributed by atoms with Crippen LogP contribution < -0.4 is 10.1 Å². The maximum Gasteiger partial charge on any atom is 0.264 e. The summed E-state index contributed by atoms with van der Waals surface area (Å²) in [5, 5.41) is 5.45. The highest BCUT2D eigenvalue weighted by Gasteiger charge is 2.13. The monoisotopic (exact) mass is 420 g/mol. The molecule has 0 bridgehead atoms. The third-order valence-corrected chi connectivity index (χ3v) is 6.39. The Morgan fingerprint density at radius 1 is 1.13 bits per heavy atom. The van der Waals surface area contributed by atoms with Crippen molar-refractivity contribution < 1.29 is 9.53 Å². The number of thiazole rings is 1. The van der Waals surface area contributed by atoms with Gasteiger partial charge in [-0.15, -0.1) is 11.3 Å². The number of nitrogens with zero attached hydrogens (tertiary/aromatic N) is 1. The third-order valence-electron chi connectivity index (χ3n) is 5.63. The molecule has 1 aliphatic rings. The number of ether oxygens (including phenoxy) is 1. The number of carbonyl (C=O) groups is 1. The second kappa shape index (κ2) is 9.00. The number of rotatable bonds is 6. The number of nitrogens with one attached hydrogen (secondary N) is 1. The molecule has 0 saturated carbocycles. The van der Waals surface area contributed by atoms with Crippen molar-refractivity contribution in [1.29, 1.82) is 0 Å². The molecule has 0 fully saturated rings. The van der Waals surface area contributed by atoms with Crippen LogP contribution in [-0.4, -0.2) is 17.5 Å². The van der Waals surface area contributed by atoms with Crippen molar-refractivity contribution in [3.05, 3.63) is 64.0 Å². The summed E-state index contributed by atoms with van der Waals surface area (Å²) in [7, 11) is 0. The highest BCUT2D eigenvalue weighted by Crippen LogP contribution is 2.29. The van der Waals surface area contributed by atoms with Gasteiger partial charge in [0.25, 0.3) is 5.91 Å². The molecule has 1 aromatic heterocycles. The summed E-state index contributed by atoms with van der Waals surface area (Å²) in [6.07, 6.45) is 4.86. The lowest BCUT2D eigenvalue weighted by atomic mass is 9.90. The Morgan fingerprint density at radius 2 is 1.93 bits per heavy atom. The Kier molecular flexibility index (Phi) is 6.18. The first kappa shape index (κ1) is 20.6. The van der Waals surface area contributed by atoms with Crippen LogP contribution in [0.25, 0.3) is 11.3 Å². The van der Waals surface area contributed by atoms with Gasteiger partial charge >= 0.3 is 0 Å². The van der Waals surface area contributed by atoms with E-state index in [1.165, 1.54) is 52.9 Å². The molecular weight excluding hydrogens is 392 g/mol. The van der Waals surface area contributed by atoms with Crippen LogP contribution in [-0.2, 0) is 17.6 Å². The van der Waals surface area contributed by atoms with Crippen molar-refractivity contribution in [1.82, 2.24) is 4.98 Å². The molecule has 0 saturated heterocycles. The highest BCUT2D eigenvalue weighted by molar-refractivity contribution is 7.14. The number of hydrogen-bond donors (Lipinski definition) is 1. The molecule has 1 N–H and O–H groups in total. The molecule has 1 aliphatic carbocycles. The minimum atomic E-state index is -0.202. The Morgan fingerprint density at radius 3 is 2.70 bits per heavy atom. The number of hydrogen-bond acceptors (Lipinski definition) is 4. The molecule has 1 amide bonds. The summed E-state index contributed by atoms with van der Waals surface area (Å²) in [5.74, 6) is 0.976. The van der Waals surface area contributed by atoms with Gasteiger partial charge in [-0.3, -0.25) is 10.1 Å². The fourth-order valence-corrected chi connectivity index (χ4v) is 4.78. The number of amides is 1. The molecule has 1 heterocycles. The predicted molar refractivity (Wildman–Crippen MR) is 124 cm³/mol. The van der Waals surface area contributed by atoms with E-state index >= 15 is 0 Å². The Bertz CT molecular complexity index is 1060. The van der Waals surface area contributed by atoms with Gasteiger partial charge < -0.3 is 4.74 Å². The average Bonchev–Trinajstić information content (AvgIpc) is 3.20. The van der Waals surface area contributed by atoms with Crippen molar-refractivity contribution in [3.8, 4) is 17.0 Å². The highest BCUT2D eigenvalue weighted by atomic mass is 32.1. The zero-order valence-corrected chi connectivity index (χ0v) is 18.6. The summed E-state index contributed by atoms with van der Waals surface area (Å²) in [4.78, 5) is 16.9. The summed E-state index contributed by atoms with van der Waals surface area (Å²) in [5.41, 5.74) is 7.39. The Balaban J connectivity index is 1.36. The third kappa shape index (κ3) is 4.73. The Hall–Kier alpha value is -2.66. The fraction of sp³-hybridized carbons (Fsp3) is 0.360. The first-order valence-corrected chi connectivity index (χ1v) is 11.5. The second-order valence-electron chi connectivity index (χ2n) is 8.24. The number of aromatic nitrogens is 1. The van der Waals surface area contributed by atoms with Crippen molar-refractivity contribution in [2.45, 2.75) is 52.4 Å². The topological polar surface area (TPSA) is 51.2 Å². The van der Waals surface area contributed by atoms with Gasteiger partial charge in [-0.2, -0.15) is 0 Å². The second-order valence-corrected chi connectivity index (χ2v) is 9.10. The van der Waals surface area contributed by atoms with Gasteiger partial charge in [0, 0.05) is 10.9 Å². The van der Waals surface area contributed by atoms with Crippen molar-refractivity contribution >= 4 is 22.4 Å². The maximum absolute atomic E-state index is 12.3. The lowest BCUT2D eigenvalue weighted by Gasteiger charge is -2.16. The number of carbonyl (C=O) groups excluding carboxylic acids is 1. The lowest BCUT2D eigenvalue weighted by Crippen LogP contribution is -2.20. The first-order chi connectivity index (χ1) is 14.5. The van der Waals surface area contributed by atoms with Crippen LogP contribution in [0.15, 0.2) is 41.8 Å².